The standard InChI is InChI=1S/C23H34N6O6.C2H4O2/c1-13(2)11-17(22(33)26-14(3)20(31)28-35)27-23(34)18-5-4-10-29(18)19(30)12-25-21(32)15-6-8-16(24)9-7-15;1-2(3)4/h6-9,13-14,17-18,35H,4-5,10-12,24H2,1-3H3,(H,25,32)(H,26,33)(H,27,34)(H,28,31);1H3,(H,3,4)/t14-,17-,18+;/m1./s1. The first kappa shape index (κ1) is 32.8. The summed E-state index contributed by atoms with van der Waals surface area (Å²) in [7, 11) is 0. The van der Waals surface area contributed by atoms with E-state index in [0.717, 1.165) is 6.92 Å². The molecule has 1 aromatic carbocycles. The first-order valence-corrected chi connectivity index (χ1v) is 12.4. The van der Waals surface area contributed by atoms with E-state index < -0.39 is 53.6 Å². The molecule has 0 spiro atoms. The summed E-state index contributed by atoms with van der Waals surface area (Å²) in [6.07, 6.45) is 1.33. The van der Waals surface area contributed by atoms with E-state index in [9.17, 15) is 24.0 Å². The number of carbonyl (C=O) groups excluding carboxylic acids is 5. The maximum absolute atomic E-state index is 13.0. The highest BCUT2D eigenvalue weighted by Crippen LogP contribution is 2.18. The number of nitrogens with two attached hydrogens (primary N) is 1. The molecule has 1 aliphatic rings. The molecule has 1 saturated heterocycles. The van der Waals surface area contributed by atoms with Crippen LogP contribution < -0.4 is 27.2 Å². The number of hydroxylamine groups is 1. The largest absolute Gasteiger partial charge is 0.481 e. The van der Waals surface area contributed by atoms with Crippen LogP contribution in [-0.4, -0.2) is 81.9 Å². The summed E-state index contributed by atoms with van der Waals surface area (Å²) in [6.45, 7) is 6.31. The van der Waals surface area contributed by atoms with Crippen molar-refractivity contribution in [2.45, 2.75) is 65.1 Å². The summed E-state index contributed by atoms with van der Waals surface area (Å²) >= 11 is 0. The van der Waals surface area contributed by atoms with Crippen molar-refractivity contribution < 1.29 is 39.1 Å². The number of rotatable bonds is 10. The normalized spacial score (nSPS) is 15.7. The Morgan fingerprint density at radius 2 is 1.62 bits per heavy atom. The fourth-order valence-corrected chi connectivity index (χ4v) is 3.78. The molecule has 0 radical (unpaired) electrons. The van der Waals surface area contributed by atoms with Crippen molar-refractivity contribution in [3.05, 3.63) is 29.8 Å². The predicted octanol–water partition coefficient (Wildman–Crippen LogP) is -0.378. The van der Waals surface area contributed by atoms with Crippen LogP contribution in [0.1, 0.15) is 57.3 Å². The van der Waals surface area contributed by atoms with Crippen molar-refractivity contribution in [2.75, 3.05) is 18.8 Å². The Morgan fingerprint density at radius 1 is 1.03 bits per heavy atom. The lowest BCUT2D eigenvalue weighted by atomic mass is 10.0. The highest BCUT2D eigenvalue weighted by molar-refractivity contribution is 5.98. The van der Waals surface area contributed by atoms with Crippen LogP contribution in [-0.2, 0) is 24.0 Å². The second kappa shape index (κ2) is 15.9. The molecule has 1 fully saturated rings. The SMILES string of the molecule is CC(=O)O.CC(C)C[C@@H](NC(=O)[C@@H]1CCCN1C(=O)CNC(=O)c1ccc(N)cc1)C(=O)N[C@H](C)C(=O)NO. The van der Waals surface area contributed by atoms with Gasteiger partial charge in [0, 0.05) is 24.7 Å². The van der Waals surface area contributed by atoms with E-state index in [1.165, 1.54) is 17.3 Å². The molecule has 0 aromatic heterocycles. The zero-order valence-corrected chi connectivity index (χ0v) is 22.5. The highest BCUT2D eigenvalue weighted by atomic mass is 16.5. The number of likely N-dealkylation sites (tertiary alicyclic amines) is 1. The van der Waals surface area contributed by atoms with Gasteiger partial charge in [-0.3, -0.25) is 34.0 Å². The Labute approximate surface area is 226 Å². The Morgan fingerprint density at radius 3 is 2.15 bits per heavy atom. The van der Waals surface area contributed by atoms with Crippen LogP contribution in [0.25, 0.3) is 0 Å². The van der Waals surface area contributed by atoms with Crippen LogP contribution >= 0.6 is 0 Å². The summed E-state index contributed by atoms with van der Waals surface area (Å²) in [5.74, 6) is -3.48. The second-order valence-corrected chi connectivity index (χ2v) is 9.47. The van der Waals surface area contributed by atoms with Gasteiger partial charge in [0.1, 0.15) is 18.1 Å². The quantitative estimate of drug-likeness (QED) is 0.114. The van der Waals surface area contributed by atoms with E-state index in [1.807, 2.05) is 13.8 Å². The van der Waals surface area contributed by atoms with Crippen molar-refractivity contribution in [3.8, 4) is 0 Å². The number of amides is 5. The van der Waals surface area contributed by atoms with Gasteiger partial charge in [0.25, 0.3) is 17.8 Å². The predicted molar refractivity (Wildman–Crippen MR) is 140 cm³/mol. The number of carbonyl (C=O) groups is 6. The van der Waals surface area contributed by atoms with Crippen molar-refractivity contribution >= 4 is 41.2 Å². The summed E-state index contributed by atoms with van der Waals surface area (Å²) in [6, 6.07) is 3.54. The number of carboxylic acid groups (broad SMARTS) is 1. The lowest BCUT2D eigenvalue weighted by Crippen LogP contribution is -2.56. The molecular formula is C25H38N6O8. The lowest BCUT2D eigenvalue weighted by molar-refractivity contribution is -0.139. The van der Waals surface area contributed by atoms with E-state index in [-0.39, 0.29) is 12.5 Å². The first-order chi connectivity index (χ1) is 18.3. The molecule has 5 amide bonds. The molecule has 2 rings (SSSR count). The minimum absolute atomic E-state index is 0.0536. The zero-order chi connectivity index (χ0) is 29.7. The third-order valence-corrected chi connectivity index (χ3v) is 5.65. The maximum Gasteiger partial charge on any atom is 0.300 e. The highest BCUT2D eigenvalue weighted by Gasteiger charge is 2.36. The lowest BCUT2D eigenvalue weighted by Gasteiger charge is -2.27. The Bertz CT molecular complexity index is 1030. The van der Waals surface area contributed by atoms with E-state index >= 15 is 0 Å². The molecule has 0 saturated carbocycles. The van der Waals surface area contributed by atoms with Crippen LogP contribution in [0.15, 0.2) is 24.3 Å². The average molecular weight is 551 g/mol. The number of aliphatic carboxylic acids is 1. The molecule has 14 nitrogen and oxygen atoms in total. The van der Waals surface area contributed by atoms with Crippen molar-refractivity contribution in [1.29, 1.82) is 0 Å². The smallest absolute Gasteiger partial charge is 0.300 e. The fourth-order valence-electron chi connectivity index (χ4n) is 3.78. The minimum Gasteiger partial charge on any atom is -0.481 e. The van der Waals surface area contributed by atoms with Crippen LogP contribution in [0.5, 0.6) is 0 Å². The van der Waals surface area contributed by atoms with Gasteiger partial charge in [-0.2, -0.15) is 0 Å². The molecule has 0 unspecified atom stereocenters. The third-order valence-electron chi connectivity index (χ3n) is 5.65. The van der Waals surface area contributed by atoms with Gasteiger partial charge in [-0.05, 0) is 56.4 Å². The first-order valence-electron chi connectivity index (χ1n) is 12.4. The number of hydrogen-bond donors (Lipinski definition) is 7. The number of nitrogen functional groups attached to an aromatic ring is 1. The molecule has 8 N–H and O–H groups in total. The van der Waals surface area contributed by atoms with E-state index in [2.05, 4.69) is 16.0 Å². The Kier molecular flexibility index (Phi) is 13.4. The van der Waals surface area contributed by atoms with Gasteiger partial charge < -0.3 is 31.7 Å². The van der Waals surface area contributed by atoms with Crippen LogP contribution in [0.2, 0.25) is 0 Å². The average Bonchev–Trinajstić information content (AvgIpc) is 3.36. The minimum atomic E-state index is -1.01. The zero-order valence-electron chi connectivity index (χ0n) is 22.5. The molecule has 1 aliphatic heterocycles. The summed E-state index contributed by atoms with van der Waals surface area (Å²) in [5.41, 5.74) is 7.95. The number of hydrogen-bond acceptors (Lipinski definition) is 8. The molecule has 14 heteroatoms. The molecule has 0 bridgehead atoms. The molecule has 0 aliphatic carbocycles. The molecule has 39 heavy (non-hydrogen) atoms. The van der Waals surface area contributed by atoms with Crippen LogP contribution in [0.3, 0.4) is 0 Å². The number of nitrogens with one attached hydrogen (secondary N) is 4. The Hall–Kier alpha value is -4.20. The summed E-state index contributed by atoms with van der Waals surface area (Å²) in [4.78, 5) is 72.7. The number of benzene rings is 1. The van der Waals surface area contributed by atoms with Gasteiger partial charge in [-0.15, -0.1) is 0 Å². The maximum atomic E-state index is 13.0. The van der Waals surface area contributed by atoms with Crippen molar-refractivity contribution in [2.24, 2.45) is 5.92 Å². The number of nitrogens with zero attached hydrogens (tertiary/aromatic N) is 1. The van der Waals surface area contributed by atoms with E-state index in [1.54, 1.807) is 24.3 Å². The van der Waals surface area contributed by atoms with Crippen molar-refractivity contribution in [3.63, 3.8) is 0 Å². The topological polar surface area (TPSA) is 220 Å². The molecule has 216 valence electrons. The third kappa shape index (κ3) is 11.4. The van der Waals surface area contributed by atoms with Crippen molar-refractivity contribution in [1.82, 2.24) is 26.3 Å². The van der Waals surface area contributed by atoms with Gasteiger partial charge in [0.15, 0.2) is 0 Å². The van der Waals surface area contributed by atoms with E-state index in [4.69, 9.17) is 20.8 Å². The second-order valence-electron chi connectivity index (χ2n) is 9.47. The number of carboxylic acids is 1. The van der Waals surface area contributed by atoms with E-state index in [0.29, 0.717) is 37.1 Å². The van der Waals surface area contributed by atoms with Gasteiger partial charge in [-0.1, -0.05) is 13.8 Å². The van der Waals surface area contributed by atoms with Gasteiger partial charge in [0.05, 0.1) is 6.54 Å². The fraction of sp³-hybridized carbons (Fsp3) is 0.520. The Balaban J connectivity index is 0.00000177. The molecule has 1 aromatic rings. The molecular weight excluding hydrogens is 512 g/mol. The monoisotopic (exact) mass is 550 g/mol. The summed E-state index contributed by atoms with van der Waals surface area (Å²) in [5, 5.41) is 23.9. The van der Waals surface area contributed by atoms with Gasteiger partial charge in [-0.25, -0.2) is 5.48 Å². The summed E-state index contributed by atoms with van der Waals surface area (Å²) < 4.78 is 0. The van der Waals surface area contributed by atoms with Gasteiger partial charge in [0.2, 0.25) is 17.7 Å². The van der Waals surface area contributed by atoms with Crippen LogP contribution in [0, 0.1) is 5.92 Å². The molecule has 3 atom stereocenters. The number of anilines is 1. The van der Waals surface area contributed by atoms with Gasteiger partial charge >= 0.3 is 0 Å². The van der Waals surface area contributed by atoms with Crippen LogP contribution in [0.4, 0.5) is 5.69 Å². The molecule has 1 heterocycles.